The molecular formula is C16H24N2O3. The summed E-state index contributed by atoms with van der Waals surface area (Å²) in [5.74, 6) is 0.821. The van der Waals surface area contributed by atoms with Crippen molar-refractivity contribution >= 4 is 11.6 Å². The second-order valence-corrected chi connectivity index (χ2v) is 5.62. The van der Waals surface area contributed by atoms with Gasteiger partial charge in [0.15, 0.2) is 0 Å². The van der Waals surface area contributed by atoms with Gasteiger partial charge in [-0.05, 0) is 44.5 Å². The first-order valence-corrected chi connectivity index (χ1v) is 7.43. The molecule has 1 aromatic carbocycles. The first kappa shape index (κ1) is 15.8. The number of aryl methyl sites for hydroxylation is 1. The molecule has 1 aliphatic heterocycles. The Balaban J connectivity index is 1.90. The molecule has 2 N–H and O–H groups in total. The number of amides is 1. The molecule has 2 rings (SSSR count). The van der Waals surface area contributed by atoms with E-state index >= 15 is 0 Å². The van der Waals surface area contributed by atoms with Crippen LogP contribution in [0.15, 0.2) is 18.2 Å². The summed E-state index contributed by atoms with van der Waals surface area (Å²) in [5, 5.41) is 6.22. The smallest absolute Gasteiger partial charge is 0.226 e. The summed E-state index contributed by atoms with van der Waals surface area (Å²) in [6.45, 7) is 8.06. The van der Waals surface area contributed by atoms with Gasteiger partial charge in [-0.25, -0.2) is 0 Å². The van der Waals surface area contributed by atoms with Crippen molar-refractivity contribution in [3.63, 3.8) is 0 Å². The lowest BCUT2D eigenvalue weighted by molar-refractivity contribution is -0.117. The molecule has 1 saturated heterocycles. The van der Waals surface area contributed by atoms with E-state index in [2.05, 4.69) is 10.6 Å². The van der Waals surface area contributed by atoms with Gasteiger partial charge in [0, 0.05) is 24.7 Å². The molecule has 5 heteroatoms. The molecule has 0 aromatic heterocycles. The number of nitrogens with one attached hydrogen (secondary N) is 2. The van der Waals surface area contributed by atoms with Crippen LogP contribution in [0, 0.1) is 6.92 Å². The zero-order valence-electron chi connectivity index (χ0n) is 12.9. The molecule has 0 radical (unpaired) electrons. The summed E-state index contributed by atoms with van der Waals surface area (Å²) in [7, 11) is 0. The first-order valence-electron chi connectivity index (χ1n) is 7.43. The van der Waals surface area contributed by atoms with E-state index < -0.39 is 0 Å². The Morgan fingerprint density at radius 1 is 1.52 bits per heavy atom. The minimum absolute atomic E-state index is 0.00127. The van der Waals surface area contributed by atoms with Gasteiger partial charge >= 0.3 is 0 Å². The number of carbonyl (C=O) groups excluding carboxylic acids is 1. The highest BCUT2D eigenvalue weighted by molar-refractivity contribution is 5.92. The molecule has 1 unspecified atom stereocenters. The fourth-order valence-electron chi connectivity index (χ4n) is 2.30. The maximum absolute atomic E-state index is 12.1. The minimum Gasteiger partial charge on any atom is -0.491 e. The number of benzene rings is 1. The van der Waals surface area contributed by atoms with Crippen LogP contribution >= 0.6 is 0 Å². The van der Waals surface area contributed by atoms with Crippen LogP contribution in [0.2, 0.25) is 0 Å². The Hall–Kier alpha value is -1.59. The third-order valence-corrected chi connectivity index (χ3v) is 3.27. The highest BCUT2D eigenvalue weighted by Gasteiger charge is 2.17. The van der Waals surface area contributed by atoms with Gasteiger partial charge in [-0.15, -0.1) is 0 Å². The molecule has 0 aliphatic carbocycles. The number of rotatable bonds is 5. The lowest BCUT2D eigenvalue weighted by Crippen LogP contribution is -2.43. The summed E-state index contributed by atoms with van der Waals surface area (Å²) in [6, 6.07) is 5.81. The minimum atomic E-state index is -0.00127. The number of hydrogen-bond acceptors (Lipinski definition) is 4. The molecule has 1 aromatic rings. The van der Waals surface area contributed by atoms with E-state index in [0.717, 1.165) is 23.5 Å². The van der Waals surface area contributed by atoms with Crippen molar-refractivity contribution in [2.45, 2.75) is 39.3 Å². The quantitative estimate of drug-likeness (QED) is 0.872. The fourth-order valence-corrected chi connectivity index (χ4v) is 2.30. The third-order valence-electron chi connectivity index (χ3n) is 3.27. The number of carbonyl (C=O) groups is 1. The summed E-state index contributed by atoms with van der Waals surface area (Å²) in [5.41, 5.74) is 1.82. The lowest BCUT2D eigenvalue weighted by atomic mass is 10.1. The fraction of sp³-hybridized carbons (Fsp3) is 0.562. The van der Waals surface area contributed by atoms with E-state index in [-0.39, 0.29) is 18.1 Å². The summed E-state index contributed by atoms with van der Waals surface area (Å²) in [4.78, 5) is 12.1. The molecule has 21 heavy (non-hydrogen) atoms. The molecule has 1 aliphatic rings. The number of ether oxygens (including phenoxy) is 2. The van der Waals surface area contributed by atoms with Gasteiger partial charge in [0.05, 0.1) is 19.3 Å². The summed E-state index contributed by atoms with van der Waals surface area (Å²) >= 11 is 0. The van der Waals surface area contributed by atoms with E-state index in [0.29, 0.717) is 19.6 Å². The number of anilines is 1. The topological polar surface area (TPSA) is 59.6 Å². The predicted molar refractivity (Wildman–Crippen MR) is 82.8 cm³/mol. The van der Waals surface area contributed by atoms with Gasteiger partial charge in [-0.3, -0.25) is 4.79 Å². The third kappa shape index (κ3) is 5.02. The average Bonchev–Trinajstić information content (AvgIpc) is 2.42. The van der Waals surface area contributed by atoms with Gasteiger partial charge in [-0.2, -0.15) is 0 Å². The van der Waals surface area contributed by atoms with Crippen LogP contribution in [0.1, 0.15) is 25.8 Å². The summed E-state index contributed by atoms with van der Waals surface area (Å²) < 4.78 is 11.0. The molecule has 116 valence electrons. The highest BCUT2D eigenvalue weighted by atomic mass is 16.5. The standard InChI is InChI=1S/C16H24N2O3/c1-11(2)21-14-4-5-15(12(3)8-14)18-16(19)9-13-10-20-7-6-17-13/h4-5,8,11,13,17H,6-7,9-10H2,1-3H3,(H,18,19). The zero-order valence-corrected chi connectivity index (χ0v) is 12.9. The molecule has 1 heterocycles. The van der Waals surface area contributed by atoms with Gasteiger partial charge in [-0.1, -0.05) is 0 Å². The molecular weight excluding hydrogens is 268 g/mol. The lowest BCUT2D eigenvalue weighted by Gasteiger charge is -2.23. The van der Waals surface area contributed by atoms with E-state index in [9.17, 15) is 4.79 Å². The largest absolute Gasteiger partial charge is 0.491 e. The SMILES string of the molecule is Cc1cc(OC(C)C)ccc1NC(=O)CC1COCCN1. The first-order chi connectivity index (χ1) is 10.0. The monoisotopic (exact) mass is 292 g/mol. The van der Waals surface area contributed by atoms with Crippen LogP contribution in [0.4, 0.5) is 5.69 Å². The average molecular weight is 292 g/mol. The van der Waals surface area contributed by atoms with Gasteiger partial charge in [0.2, 0.25) is 5.91 Å². The van der Waals surface area contributed by atoms with E-state index in [1.165, 1.54) is 0 Å². The van der Waals surface area contributed by atoms with Crippen molar-refractivity contribution < 1.29 is 14.3 Å². The Labute approximate surface area is 126 Å². The van der Waals surface area contributed by atoms with Crippen molar-refractivity contribution in [1.29, 1.82) is 0 Å². The maximum atomic E-state index is 12.1. The Morgan fingerprint density at radius 3 is 2.95 bits per heavy atom. The maximum Gasteiger partial charge on any atom is 0.226 e. The summed E-state index contributed by atoms with van der Waals surface area (Å²) in [6.07, 6.45) is 0.561. The molecule has 0 spiro atoms. The van der Waals surface area contributed by atoms with Gasteiger partial charge in [0.1, 0.15) is 5.75 Å². The van der Waals surface area contributed by atoms with Crippen molar-refractivity contribution in [1.82, 2.24) is 5.32 Å². The zero-order chi connectivity index (χ0) is 15.2. The highest BCUT2D eigenvalue weighted by Crippen LogP contribution is 2.22. The van der Waals surface area contributed by atoms with E-state index in [1.54, 1.807) is 0 Å². The van der Waals surface area contributed by atoms with Gasteiger partial charge < -0.3 is 20.1 Å². The molecule has 1 amide bonds. The second kappa shape index (κ2) is 7.43. The number of morpholine rings is 1. The molecule has 1 fully saturated rings. The van der Waals surface area contributed by atoms with Crippen LogP contribution in [-0.2, 0) is 9.53 Å². The van der Waals surface area contributed by atoms with E-state index in [4.69, 9.17) is 9.47 Å². The van der Waals surface area contributed by atoms with Crippen molar-refractivity contribution in [2.75, 3.05) is 25.1 Å². The molecule has 0 saturated carbocycles. The second-order valence-electron chi connectivity index (χ2n) is 5.62. The normalized spacial score (nSPS) is 18.6. The van der Waals surface area contributed by atoms with Crippen molar-refractivity contribution in [3.8, 4) is 5.75 Å². The van der Waals surface area contributed by atoms with Crippen molar-refractivity contribution in [2.24, 2.45) is 0 Å². The molecule has 5 nitrogen and oxygen atoms in total. The van der Waals surface area contributed by atoms with Crippen LogP contribution in [0.3, 0.4) is 0 Å². The number of hydrogen-bond donors (Lipinski definition) is 2. The molecule has 0 bridgehead atoms. The van der Waals surface area contributed by atoms with Gasteiger partial charge in [0.25, 0.3) is 0 Å². The van der Waals surface area contributed by atoms with Crippen LogP contribution in [0.25, 0.3) is 0 Å². The predicted octanol–water partition coefficient (Wildman–Crippen LogP) is 2.10. The molecule has 1 atom stereocenters. The van der Waals surface area contributed by atoms with Crippen LogP contribution in [0.5, 0.6) is 5.75 Å². The van der Waals surface area contributed by atoms with Crippen LogP contribution in [-0.4, -0.2) is 37.8 Å². The van der Waals surface area contributed by atoms with E-state index in [1.807, 2.05) is 39.0 Å². The Bertz CT molecular complexity index is 482. The Kier molecular flexibility index (Phi) is 5.59. The Morgan fingerprint density at radius 2 is 2.33 bits per heavy atom. The van der Waals surface area contributed by atoms with Crippen molar-refractivity contribution in [3.05, 3.63) is 23.8 Å². The van der Waals surface area contributed by atoms with Crippen LogP contribution < -0.4 is 15.4 Å².